The zero-order valence-electron chi connectivity index (χ0n) is 12.2. The van der Waals surface area contributed by atoms with Gasteiger partial charge in [-0.2, -0.15) is 0 Å². The Morgan fingerprint density at radius 1 is 1.17 bits per heavy atom. The summed E-state index contributed by atoms with van der Waals surface area (Å²) in [6, 6.07) is 8.18. The molecule has 3 heteroatoms. The molecule has 1 rings (SSSR count). The van der Waals surface area contributed by atoms with Crippen LogP contribution in [0.5, 0.6) is 0 Å². The molecule has 0 unspecified atom stereocenters. The second-order valence-corrected chi connectivity index (χ2v) is 3.82. The molecule has 0 aliphatic carbocycles. The van der Waals surface area contributed by atoms with Crippen LogP contribution in [-0.2, 0) is 22.5 Å². The third kappa shape index (κ3) is 5.82. The molecule has 0 heterocycles. The van der Waals surface area contributed by atoms with Crippen molar-refractivity contribution >= 4 is 5.91 Å². The largest absolute Gasteiger partial charge is 0.275 e. The lowest BCUT2D eigenvalue weighted by molar-refractivity contribution is -0.167. The molecule has 0 aliphatic heterocycles. The van der Waals surface area contributed by atoms with Gasteiger partial charge in [-0.05, 0) is 17.5 Å². The van der Waals surface area contributed by atoms with Crippen LogP contribution >= 0.6 is 0 Å². The molecule has 0 bridgehead atoms. The summed E-state index contributed by atoms with van der Waals surface area (Å²) in [5.41, 5.74) is 2.34. The number of likely N-dealkylation sites (N-methyl/N-ethyl adjacent to an activating group) is 1. The molecule has 1 aromatic carbocycles. The maximum Gasteiger partial charge on any atom is 0.250 e. The minimum absolute atomic E-state index is 0.0364. The average Bonchev–Trinajstić information content (AvgIpc) is 2.42. The van der Waals surface area contributed by atoms with Gasteiger partial charge in [-0.15, -0.1) is 0 Å². The molecule has 0 spiro atoms. The van der Waals surface area contributed by atoms with E-state index >= 15 is 0 Å². The Hall–Kier alpha value is -1.35. The Morgan fingerprint density at radius 3 is 2.11 bits per heavy atom. The number of amides is 1. The van der Waals surface area contributed by atoms with E-state index in [1.807, 2.05) is 26.0 Å². The molecule has 0 radical (unpaired) electrons. The second kappa shape index (κ2) is 9.66. The first-order valence-corrected chi connectivity index (χ1v) is 6.55. The van der Waals surface area contributed by atoms with Gasteiger partial charge in [0.1, 0.15) is 0 Å². The van der Waals surface area contributed by atoms with E-state index in [4.69, 9.17) is 4.84 Å². The molecule has 3 nitrogen and oxygen atoms in total. The topological polar surface area (TPSA) is 29.5 Å². The highest BCUT2D eigenvalue weighted by atomic mass is 16.7. The monoisotopic (exact) mass is 251 g/mol. The Kier molecular flexibility index (Phi) is 8.93. The minimum Gasteiger partial charge on any atom is -0.275 e. The van der Waals surface area contributed by atoms with E-state index < -0.39 is 0 Å². The Labute approximate surface area is 111 Å². The smallest absolute Gasteiger partial charge is 0.250 e. The number of rotatable bonds is 5. The molecule has 102 valence electrons. The maximum atomic E-state index is 11.6. The van der Waals surface area contributed by atoms with E-state index in [-0.39, 0.29) is 5.91 Å². The highest BCUT2D eigenvalue weighted by Crippen LogP contribution is 2.08. The van der Waals surface area contributed by atoms with Gasteiger partial charge in [-0.25, -0.2) is 5.06 Å². The molecule has 0 aromatic heterocycles. The number of benzene rings is 1. The first-order chi connectivity index (χ1) is 8.67. The summed E-state index contributed by atoms with van der Waals surface area (Å²) in [6.07, 6.45) is 2.62. The van der Waals surface area contributed by atoms with Crippen LogP contribution in [0.2, 0.25) is 0 Å². The molecule has 1 aromatic rings. The van der Waals surface area contributed by atoms with Gasteiger partial charge in [0.25, 0.3) is 0 Å². The van der Waals surface area contributed by atoms with Gasteiger partial charge in [0.15, 0.2) is 0 Å². The normalized spacial score (nSPS) is 9.39. The lowest BCUT2D eigenvalue weighted by atomic mass is 10.1. The van der Waals surface area contributed by atoms with E-state index in [0.717, 1.165) is 18.4 Å². The Balaban J connectivity index is 0.00000137. The third-order valence-electron chi connectivity index (χ3n) is 2.54. The highest BCUT2D eigenvalue weighted by Gasteiger charge is 2.08. The highest BCUT2D eigenvalue weighted by molar-refractivity contribution is 5.77. The van der Waals surface area contributed by atoms with Gasteiger partial charge in [-0.3, -0.25) is 9.63 Å². The summed E-state index contributed by atoms with van der Waals surface area (Å²) >= 11 is 0. The molecule has 18 heavy (non-hydrogen) atoms. The number of carbonyl (C=O) groups excluding carboxylic acids is 1. The van der Waals surface area contributed by atoms with Crippen molar-refractivity contribution < 1.29 is 9.63 Å². The van der Waals surface area contributed by atoms with Crippen LogP contribution in [0.3, 0.4) is 0 Å². The van der Waals surface area contributed by atoms with Crippen LogP contribution in [0.15, 0.2) is 24.3 Å². The van der Waals surface area contributed by atoms with Crippen molar-refractivity contribution in [2.45, 2.75) is 40.0 Å². The standard InChI is InChI=1S/C13H19NO2.C2H6/c1-4-5-11-6-8-12(9-7-11)10-13(15)14(2)16-3;1-2/h6-9H,4-5,10H2,1-3H3;1-2H3. The zero-order chi connectivity index (χ0) is 14.0. The molecular formula is C15H25NO2. The molecular weight excluding hydrogens is 226 g/mol. The average molecular weight is 251 g/mol. The first-order valence-electron chi connectivity index (χ1n) is 6.55. The summed E-state index contributed by atoms with van der Waals surface area (Å²) < 4.78 is 0. The van der Waals surface area contributed by atoms with Crippen LogP contribution in [0.1, 0.15) is 38.3 Å². The fourth-order valence-corrected chi connectivity index (χ4v) is 1.50. The minimum atomic E-state index is -0.0364. The predicted octanol–water partition coefficient (Wildman–Crippen LogP) is 3.23. The maximum absolute atomic E-state index is 11.6. The predicted molar refractivity (Wildman–Crippen MR) is 75.3 cm³/mol. The second-order valence-electron chi connectivity index (χ2n) is 3.82. The molecule has 0 aliphatic rings. The lowest BCUT2D eigenvalue weighted by Gasteiger charge is -2.13. The third-order valence-corrected chi connectivity index (χ3v) is 2.54. The van der Waals surface area contributed by atoms with Crippen LogP contribution in [0, 0.1) is 0 Å². The summed E-state index contributed by atoms with van der Waals surface area (Å²) in [7, 11) is 3.11. The van der Waals surface area contributed by atoms with E-state index in [1.54, 1.807) is 7.05 Å². The fraction of sp³-hybridized carbons (Fsp3) is 0.533. The molecule has 0 N–H and O–H groups in total. The van der Waals surface area contributed by atoms with Crippen LogP contribution in [0.25, 0.3) is 0 Å². The quantitative estimate of drug-likeness (QED) is 0.752. The SMILES string of the molecule is CC.CCCc1ccc(CC(=O)N(C)OC)cc1. The van der Waals surface area contributed by atoms with E-state index in [1.165, 1.54) is 17.7 Å². The number of carbonyl (C=O) groups is 1. The van der Waals surface area contributed by atoms with Gasteiger partial charge >= 0.3 is 0 Å². The summed E-state index contributed by atoms with van der Waals surface area (Å²) in [6.45, 7) is 6.16. The number of aryl methyl sites for hydroxylation is 1. The lowest BCUT2D eigenvalue weighted by Crippen LogP contribution is -2.26. The zero-order valence-corrected chi connectivity index (χ0v) is 12.2. The number of hydroxylamine groups is 2. The molecule has 0 saturated heterocycles. The van der Waals surface area contributed by atoms with Crippen molar-refractivity contribution in [3.05, 3.63) is 35.4 Å². The summed E-state index contributed by atoms with van der Waals surface area (Å²) in [4.78, 5) is 16.4. The van der Waals surface area contributed by atoms with Crippen molar-refractivity contribution in [3.8, 4) is 0 Å². The van der Waals surface area contributed by atoms with Gasteiger partial charge in [0, 0.05) is 7.05 Å². The summed E-state index contributed by atoms with van der Waals surface area (Å²) in [5, 5.41) is 1.25. The van der Waals surface area contributed by atoms with Crippen molar-refractivity contribution in [2.24, 2.45) is 0 Å². The van der Waals surface area contributed by atoms with Crippen molar-refractivity contribution in [1.29, 1.82) is 0 Å². The molecule has 0 atom stereocenters. The van der Waals surface area contributed by atoms with Crippen molar-refractivity contribution in [1.82, 2.24) is 5.06 Å². The van der Waals surface area contributed by atoms with Crippen LogP contribution < -0.4 is 0 Å². The number of nitrogens with zero attached hydrogens (tertiary/aromatic N) is 1. The van der Waals surface area contributed by atoms with E-state index in [9.17, 15) is 4.79 Å². The van der Waals surface area contributed by atoms with Crippen molar-refractivity contribution in [3.63, 3.8) is 0 Å². The van der Waals surface area contributed by atoms with Gasteiger partial charge in [0.05, 0.1) is 13.5 Å². The van der Waals surface area contributed by atoms with Gasteiger partial charge < -0.3 is 0 Å². The van der Waals surface area contributed by atoms with E-state index in [0.29, 0.717) is 6.42 Å². The Morgan fingerprint density at radius 2 is 1.67 bits per heavy atom. The number of hydrogen-bond acceptors (Lipinski definition) is 2. The fourth-order valence-electron chi connectivity index (χ4n) is 1.50. The van der Waals surface area contributed by atoms with Crippen LogP contribution in [0.4, 0.5) is 0 Å². The number of hydrogen-bond donors (Lipinski definition) is 0. The molecule has 1 amide bonds. The van der Waals surface area contributed by atoms with Gasteiger partial charge in [0.2, 0.25) is 5.91 Å². The van der Waals surface area contributed by atoms with Crippen molar-refractivity contribution in [2.75, 3.05) is 14.2 Å². The first kappa shape index (κ1) is 16.6. The van der Waals surface area contributed by atoms with Gasteiger partial charge in [-0.1, -0.05) is 51.5 Å². The van der Waals surface area contributed by atoms with Crippen LogP contribution in [-0.4, -0.2) is 25.1 Å². The Bertz CT molecular complexity index is 333. The molecule has 0 saturated carbocycles. The molecule has 0 fully saturated rings. The van der Waals surface area contributed by atoms with E-state index in [2.05, 4.69) is 19.1 Å². The summed E-state index contributed by atoms with van der Waals surface area (Å²) in [5.74, 6) is -0.0364.